The minimum absolute atomic E-state index is 0.117. The molecule has 2 N–H and O–H groups in total. The lowest BCUT2D eigenvalue weighted by Gasteiger charge is -2.04. The highest BCUT2D eigenvalue weighted by Gasteiger charge is 2.26. The van der Waals surface area contributed by atoms with Gasteiger partial charge in [0, 0.05) is 25.2 Å². The Balaban J connectivity index is 1.89. The summed E-state index contributed by atoms with van der Waals surface area (Å²) in [5, 5.41) is 7.12. The molecule has 1 aliphatic carbocycles. The molecule has 2 aromatic rings. The first-order chi connectivity index (χ1) is 8.20. The summed E-state index contributed by atoms with van der Waals surface area (Å²) < 4.78 is 1.69. The molecule has 88 valence electrons. The van der Waals surface area contributed by atoms with Crippen LogP contribution in [-0.4, -0.2) is 19.7 Å². The molecule has 0 bridgehead atoms. The van der Waals surface area contributed by atoms with E-state index in [1.807, 2.05) is 13.2 Å². The summed E-state index contributed by atoms with van der Waals surface area (Å²) in [4.78, 5) is 18.7. The zero-order chi connectivity index (χ0) is 11.8. The van der Waals surface area contributed by atoms with E-state index in [0.717, 1.165) is 24.4 Å². The van der Waals surface area contributed by atoms with E-state index < -0.39 is 0 Å². The molecule has 0 radical (unpaired) electrons. The van der Waals surface area contributed by atoms with E-state index in [1.54, 1.807) is 10.9 Å². The molecule has 0 spiro atoms. The molecule has 2 aromatic heterocycles. The molecule has 2 heterocycles. The number of H-pyrrole nitrogens is 1. The number of nitrogens with one attached hydrogen (secondary N) is 2. The summed E-state index contributed by atoms with van der Waals surface area (Å²) in [5.74, 6) is 1.78. The molecule has 0 saturated heterocycles. The SMILES string of the molecule is Cn1cc(Nc2cc(=O)[nH]c(C3CC3)n2)cn1. The topological polar surface area (TPSA) is 75.6 Å². The Morgan fingerprint density at radius 2 is 2.35 bits per heavy atom. The zero-order valence-electron chi connectivity index (χ0n) is 9.47. The second kappa shape index (κ2) is 3.73. The van der Waals surface area contributed by atoms with Gasteiger partial charge in [-0.2, -0.15) is 5.10 Å². The van der Waals surface area contributed by atoms with Gasteiger partial charge in [0.1, 0.15) is 11.6 Å². The minimum Gasteiger partial charge on any atom is -0.337 e. The first-order valence-electron chi connectivity index (χ1n) is 5.57. The highest BCUT2D eigenvalue weighted by molar-refractivity contribution is 5.53. The Morgan fingerprint density at radius 1 is 1.53 bits per heavy atom. The third-order valence-corrected chi connectivity index (χ3v) is 2.70. The maximum Gasteiger partial charge on any atom is 0.252 e. The number of nitrogens with zero attached hydrogens (tertiary/aromatic N) is 3. The zero-order valence-corrected chi connectivity index (χ0v) is 9.47. The maximum atomic E-state index is 11.5. The fourth-order valence-corrected chi connectivity index (χ4v) is 1.72. The van der Waals surface area contributed by atoms with Crippen LogP contribution >= 0.6 is 0 Å². The van der Waals surface area contributed by atoms with Crippen LogP contribution in [0.15, 0.2) is 23.3 Å². The summed E-state index contributed by atoms with van der Waals surface area (Å²) in [6.45, 7) is 0. The van der Waals surface area contributed by atoms with Gasteiger partial charge in [0.05, 0.1) is 11.9 Å². The highest BCUT2D eigenvalue weighted by atomic mass is 16.1. The lowest BCUT2D eigenvalue weighted by Crippen LogP contribution is -2.11. The molecule has 1 aliphatic rings. The normalized spacial score (nSPS) is 14.9. The second-order valence-electron chi connectivity index (χ2n) is 4.32. The number of hydrogen-bond acceptors (Lipinski definition) is 4. The summed E-state index contributed by atoms with van der Waals surface area (Å²) in [6, 6.07) is 1.46. The van der Waals surface area contributed by atoms with Crippen LogP contribution in [0.3, 0.4) is 0 Å². The van der Waals surface area contributed by atoms with Crippen molar-refractivity contribution in [2.24, 2.45) is 7.05 Å². The number of aromatic nitrogens is 4. The van der Waals surface area contributed by atoms with Gasteiger partial charge in [0.15, 0.2) is 0 Å². The Labute approximate surface area is 97.7 Å². The molecular formula is C11H13N5O. The molecule has 0 aliphatic heterocycles. The van der Waals surface area contributed by atoms with Gasteiger partial charge in [-0.1, -0.05) is 0 Å². The molecule has 1 saturated carbocycles. The van der Waals surface area contributed by atoms with Gasteiger partial charge in [-0.3, -0.25) is 9.48 Å². The van der Waals surface area contributed by atoms with Crippen LogP contribution in [-0.2, 0) is 7.05 Å². The van der Waals surface area contributed by atoms with Crippen molar-refractivity contribution in [3.63, 3.8) is 0 Å². The highest BCUT2D eigenvalue weighted by Crippen LogP contribution is 2.37. The number of rotatable bonds is 3. The van der Waals surface area contributed by atoms with Crippen LogP contribution < -0.4 is 10.9 Å². The number of aromatic amines is 1. The van der Waals surface area contributed by atoms with Crippen molar-refractivity contribution in [3.8, 4) is 0 Å². The quantitative estimate of drug-likeness (QED) is 0.830. The van der Waals surface area contributed by atoms with Crippen molar-refractivity contribution >= 4 is 11.5 Å². The average Bonchev–Trinajstić information content (AvgIpc) is 3.03. The minimum atomic E-state index is -0.117. The van der Waals surface area contributed by atoms with Crippen molar-refractivity contribution < 1.29 is 0 Å². The van der Waals surface area contributed by atoms with Crippen LogP contribution in [0.4, 0.5) is 11.5 Å². The molecule has 3 rings (SSSR count). The summed E-state index contributed by atoms with van der Waals surface area (Å²) in [7, 11) is 1.84. The van der Waals surface area contributed by atoms with E-state index in [4.69, 9.17) is 0 Å². The largest absolute Gasteiger partial charge is 0.337 e. The van der Waals surface area contributed by atoms with Crippen LogP contribution in [0, 0.1) is 0 Å². The number of aryl methyl sites for hydroxylation is 1. The second-order valence-corrected chi connectivity index (χ2v) is 4.32. The molecule has 1 fully saturated rings. The molecule has 0 aromatic carbocycles. The summed E-state index contributed by atoms with van der Waals surface area (Å²) in [5.41, 5.74) is 0.709. The van der Waals surface area contributed by atoms with Crippen molar-refractivity contribution in [1.29, 1.82) is 0 Å². The number of anilines is 2. The average molecular weight is 231 g/mol. The predicted octanol–water partition coefficient (Wildman–Crippen LogP) is 1.12. The summed E-state index contributed by atoms with van der Waals surface area (Å²) in [6.07, 6.45) is 5.75. The third kappa shape index (κ3) is 2.20. The fourth-order valence-electron chi connectivity index (χ4n) is 1.72. The monoisotopic (exact) mass is 231 g/mol. The number of hydrogen-bond donors (Lipinski definition) is 2. The van der Waals surface area contributed by atoms with Crippen molar-refractivity contribution in [3.05, 3.63) is 34.6 Å². The van der Waals surface area contributed by atoms with Gasteiger partial charge in [-0.25, -0.2) is 4.98 Å². The van der Waals surface area contributed by atoms with Crippen LogP contribution in [0.25, 0.3) is 0 Å². The van der Waals surface area contributed by atoms with Crippen LogP contribution in [0.5, 0.6) is 0 Å². The van der Waals surface area contributed by atoms with Gasteiger partial charge >= 0.3 is 0 Å². The van der Waals surface area contributed by atoms with Crippen molar-refractivity contribution in [2.75, 3.05) is 5.32 Å². The maximum absolute atomic E-state index is 11.5. The van der Waals surface area contributed by atoms with Gasteiger partial charge in [0.25, 0.3) is 5.56 Å². The van der Waals surface area contributed by atoms with E-state index in [0.29, 0.717) is 11.7 Å². The van der Waals surface area contributed by atoms with E-state index in [-0.39, 0.29) is 5.56 Å². The van der Waals surface area contributed by atoms with Crippen molar-refractivity contribution in [2.45, 2.75) is 18.8 Å². The molecular weight excluding hydrogens is 218 g/mol. The molecule has 6 heteroatoms. The van der Waals surface area contributed by atoms with Crippen LogP contribution in [0.1, 0.15) is 24.6 Å². The van der Waals surface area contributed by atoms with Gasteiger partial charge in [-0.15, -0.1) is 0 Å². The molecule has 0 unspecified atom stereocenters. The van der Waals surface area contributed by atoms with E-state index in [1.165, 1.54) is 6.07 Å². The van der Waals surface area contributed by atoms with Gasteiger partial charge in [-0.05, 0) is 12.8 Å². The van der Waals surface area contributed by atoms with Crippen molar-refractivity contribution in [1.82, 2.24) is 19.7 Å². The fraction of sp³-hybridized carbons (Fsp3) is 0.364. The Hall–Kier alpha value is -2.11. The van der Waals surface area contributed by atoms with E-state index in [9.17, 15) is 4.79 Å². The van der Waals surface area contributed by atoms with Gasteiger partial charge in [0.2, 0.25) is 0 Å². The Morgan fingerprint density at radius 3 is 3.00 bits per heavy atom. The lowest BCUT2D eigenvalue weighted by atomic mass is 10.4. The van der Waals surface area contributed by atoms with E-state index in [2.05, 4.69) is 20.4 Å². The molecule has 17 heavy (non-hydrogen) atoms. The molecule has 0 amide bonds. The molecule has 0 atom stereocenters. The molecule has 6 nitrogen and oxygen atoms in total. The third-order valence-electron chi connectivity index (χ3n) is 2.70. The van der Waals surface area contributed by atoms with Crippen LogP contribution in [0.2, 0.25) is 0 Å². The Bertz CT molecular complexity index is 596. The summed E-state index contributed by atoms with van der Waals surface area (Å²) >= 11 is 0. The standard InChI is InChI=1S/C11H13N5O/c1-16-6-8(5-12-16)13-9-4-10(17)15-11(14-9)7-2-3-7/h4-7H,2-3H2,1H3,(H2,13,14,15,17). The van der Waals surface area contributed by atoms with Gasteiger partial charge < -0.3 is 10.3 Å². The smallest absolute Gasteiger partial charge is 0.252 e. The predicted molar refractivity (Wildman–Crippen MR) is 63.3 cm³/mol. The van der Waals surface area contributed by atoms with E-state index >= 15 is 0 Å². The Kier molecular flexibility index (Phi) is 2.21. The first kappa shape index (κ1) is 10.1. The lowest BCUT2D eigenvalue weighted by molar-refractivity contribution is 0.768. The first-order valence-corrected chi connectivity index (χ1v) is 5.57.